The molecule has 4 rings (SSSR count). The number of nitrogens with zero attached hydrogens (tertiary/aromatic N) is 3. The number of furan rings is 1. The Hall–Kier alpha value is -3.72. The Labute approximate surface area is 174 Å². The van der Waals surface area contributed by atoms with Crippen molar-refractivity contribution in [3.8, 4) is 5.88 Å². The standard InChI is InChI=1S/C20H15ClFN5O3/c21-14-10-12(1-2-15(14)22)25-19-13-5-8-29-17(13)20(27-26-19)30-7-4-11-3-6-24-16(9-11)18(23)28/h1-3,5-6,8-10H,4,7H2,(H2,23,28)(H,25,26). The average Bonchev–Trinajstić information content (AvgIpc) is 3.23. The molecular weight excluding hydrogens is 413 g/mol. The Bertz CT molecular complexity index is 1230. The molecule has 0 spiro atoms. The summed E-state index contributed by atoms with van der Waals surface area (Å²) in [6.45, 7) is 0.271. The normalized spacial score (nSPS) is 10.9. The minimum Gasteiger partial charge on any atom is -0.474 e. The fourth-order valence-corrected chi connectivity index (χ4v) is 2.96. The van der Waals surface area contributed by atoms with Crippen LogP contribution in [-0.4, -0.2) is 27.7 Å². The molecule has 1 amide bonds. The van der Waals surface area contributed by atoms with E-state index in [9.17, 15) is 9.18 Å². The molecule has 8 nitrogen and oxygen atoms in total. The highest BCUT2D eigenvalue weighted by Crippen LogP contribution is 2.31. The summed E-state index contributed by atoms with van der Waals surface area (Å²) in [6, 6.07) is 9.33. The number of hydrogen-bond acceptors (Lipinski definition) is 7. The van der Waals surface area contributed by atoms with Crippen molar-refractivity contribution in [2.24, 2.45) is 5.73 Å². The third-order valence-electron chi connectivity index (χ3n) is 4.24. The van der Waals surface area contributed by atoms with Gasteiger partial charge in [0.25, 0.3) is 11.8 Å². The maximum Gasteiger partial charge on any atom is 0.277 e. The maximum atomic E-state index is 13.4. The zero-order valence-electron chi connectivity index (χ0n) is 15.4. The number of rotatable bonds is 7. The van der Waals surface area contributed by atoms with Crippen LogP contribution < -0.4 is 15.8 Å². The number of amides is 1. The fourth-order valence-electron chi connectivity index (χ4n) is 2.78. The average molecular weight is 428 g/mol. The molecule has 0 fully saturated rings. The van der Waals surface area contributed by atoms with Crippen molar-refractivity contribution in [2.75, 3.05) is 11.9 Å². The van der Waals surface area contributed by atoms with Crippen molar-refractivity contribution in [1.29, 1.82) is 0 Å². The Morgan fingerprint density at radius 2 is 2.10 bits per heavy atom. The molecule has 4 aromatic rings. The molecule has 0 atom stereocenters. The molecule has 0 unspecified atom stereocenters. The zero-order valence-corrected chi connectivity index (χ0v) is 16.2. The molecule has 0 saturated heterocycles. The second kappa shape index (κ2) is 8.34. The van der Waals surface area contributed by atoms with Gasteiger partial charge in [-0.1, -0.05) is 11.6 Å². The Morgan fingerprint density at radius 1 is 1.23 bits per heavy atom. The Balaban J connectivity index is 1.49. The number of nitrogens with two attached hydrogens (primary N) is 1. The number of halogens is 2. The molecule has 3 aromatic heterocycles. The number of carbonyl (C=O) groups is 1. The first-order chi connectivity index (χ1) is 14.5. The number of primary amides is 1. The number of nitrogens with one attached hydrogen (secondary N) is 1. The van der Waals surface area contributed by atoms with Gasteiger partial charge in [0.05, 0.1) is 23.3 Å². The summed E-state index contributed by atoms with van der Waals surface area (Å²) in [6.07, 6.45) is 3.51. The second-order valence-electron chi connectivity index (χ2n) is 6.28. The fraction of sp³-hybridized carbons (Fsp3) is 0.100. The number of ether oxygens (including phenoxy) is 1. The molecule has 0 bridgehead atoms. The van der Waals surface area contributed by atoms with Gasteiger partial charge >= 0.3 is 0 Å². The summed E-state index contributed by atoms with van der Waals surface area (Å²) < 4.78 is 24.6. The summed E-state index contributed by atoms with van der Waals surface area (Å²) in [4.78, 5) is 15.1. The third-order valence-corrected chi connectivity index (χ3v) is 4.53. The van der Waals surface area contributed by atoms with Crippen LogP contribution in [0.3, 0.4) is 0 Å². The van der Waals surface area contributed by atoms with E-state index in [1.165, 1.54) is 30.7 Å². The van der Waals surface area contributed by atoms with Gasteiger partial charge in [-0.2, -0.15) is 0 Å². The molecule has 0 aliphatic rings. The van der Waals surface area contributed by atoms with Crippen LogP contribution >= 0.6 is 11.6 Å². The summed E-state index contributed by atoms with van der Waals surface area (Å²) in [5.41, 5.74) is 7.24. The summed E-state index contributed by atoms with van der Waals surface area (Å²) in [5, 5.41) is 11.9. The van der Waals surface area contributed by atoms with Gasteiger partial charge in [0.1, 0.15) is 11.5 Å². The minimum atomic E-state index is -0.591. The van der Waals surface area contributed by atoms with Crippen molar-refractivity contribution in [2.45, 2.75) is 6.42 Å². The number of carbonyl (C=O) groups excluding carboxylic acids is 1. The highest BCUT2D eigenvalue weighted by atomic mass is 35.5. The quantitative estimate of drug-likeness (QED) is 0.459. The van der Waals surface area contributed by atoms with E-state index in [1.54, 1.807) is 18.2 Å². The molecule has 0 saturated carbocycles. The lowest BCUT2D eigenvalue weighted by molar-refractivity contribution is 0.0995. The van der Waals surface area contributed by atoms with E-state index in [4.69, 9.17) is 26.5 Å². The van der Waals surface area contributed by atoms with Crippen molar-refractivity contribution in [3.63, 3.8) is 0 Å². The zero-order chi connectivity index (χ0) is 21.1. The van der Waals surface area contributed by atoms with Crippen molar-refractivity contribution in [3.05, 3.63) is 71.0 Å². The first kappa shape index (κ1) is 19.6. The van der Waals surface area contributed by atoms with Crippen molar-refractivity contribution in [1.82, 2.24) is 15.2 Å². The lowest BCUT2D eigenvalue weighted by Gasteiger charge is -2.09. The molecule has 3 N–H and O–H groups in total. The van der Waals surface area contributed by atoms with Crippen molar-refractivity contribution >= 4 is 40.0 Å². The number of aromatic nitrogens is 3. The minimum absolute atomic E-state index is 0.00745. The van der Waals surface area contributed by atoms with E-state index in [0.29, 0.717) is 28.9 Å². The molecule has 10 heteroatoms. The lowest BCUT2D eigenvalue weighted by atomic mass is 10.2. The third kappa shape index (κ3) is 4.15. The lowest BCUT2D eigenvalue weighted by Crippen LogP contribution is -2.13. The Kier molecular flexibility index (Phi) is 5.44. The predicted octanol–water partition coefficient (Wildman–Crippen LogP) is 3.87. The van der Waals surface area contributed by atoms with Gasteiger partial charge < -0.3 is 20.2 Å². The van der Waals surface area contributed by atoms with Gasteiger partial charge in [-0.15, -0.1) is 10.2 Å². The van der Waals surface area contributed by atoms with Crippen molar-refractivity contribution < 1.29 is 18.3 Å². The van der Waals surface area contributed by atoms with E-state index in [0.717, 1.165) is 5.56 Å². The molecule has 0 aliphatic carbocycles. The van der Waals surface area contributed by atoms with Gasteiger partial charge in [-0.3, -0.25) is 9.78 Å². The van der Waals surface area contributed by atoms with Gasteiger partial charge in [0.2, 0.25) is 5.58 Å². The van der Waals surface area contributed by atoms with Gasteiger partial charge in [0.15, 0.2) is 5.82 Å². The van der Waals surface area contributed by atoms with E-state index in [1.807, 2.05) is 0 Å². The number of pyridine rings is 1. The number of fused-ring (bicyclic) bond motifs is 1. The summed E-state index contributed by atoms with van der Waals surface area (Å²) >= 11 is 5.82. The molecule has 1 aromatic carbocycles. The van der Waals surface area contributed by atoms with E-state index >= 15 is 0 Å². The molecule has 0 radical (unpaired) electrons. The van der Waals surface area contributed by atoms with Gasteiger partial charge in [0, 0.05) is 18.3 Å². The SMILES string of the molecule is NC(=O)c1cc(CCOc2nnc(Nc3ccc(F)c(Cl)c3)c3ccoc23)ccn1. The summed E-state index contributed by atoms with van der Waals surface area (Å²) in [5.74, 6) is -0.468. The van der Waals surface area contributed by atoms with Crippen LogP contribution in [0.15, 0.2) is 53.3 Å². The van der Waals surface area contributed by atoms with Crippen LogP contribution in [0, 0.1) is 5.82 Å². The summed E-state index contributed by atoms with van der Waals surface area (Å²) in [7, 11) is 0. The van der Waals surface area contributed by atoms with Gasteiger partial charge in [-0.05, 0) is 42.0 Å². The highest BCUT2D eigenvalue weighted by Gasteiger charge is 2.14. The highest BCUT2D eigenvalue weighted by molar-refractivity contribution is 6.31. The van der Waals surface area contributed by atoms with E-state index < -0.39 is 11.7 Å². The van der Waals surface area contributed by atoms with Crippen LogP contribution in [0.4, 0.5) is 15.9 Å². The van der Waals surface area contributed by atoms with Crippen LogP contribution in [-0.2, 0) is 6.42 Å². The number of benzene rings is 1. The second-order valence-corrected chi connectivity index (χ2v) is 6.69. The van der Waals surface area contributed by atoms with Crippen LogP contribution in [0.5, 0.6) is 5.88 Å². The number of hydrogen-bond donors (Lipinski definition) is 2. The number of anilines is 2. The smallest absolute Gasteiger partial charge is 0.277 e. The molecule has 30 heavy (non-hydrogen) atoms. The van der Waals surface area contributed by atoms with E-state index in [2.05, 4.69) is 20.5 Å². The van der Waals surface area contributed by atoms with Crippen LogP contribution in [0.2, 0.25) is 5.02 Å². The van der Waals surface area contributed by atoms with Gasteiger partial charge in [-0.25, -0.2) is 4.39 Å². The van der Waals surface area contributed by atoms with Crippen LogP contribution in [0.1, 0.15) is 16.1 Å². The predicted molar refractivity (Wildman–Crippen MR) is 108 cm³/mol. The first-order valence-corrected chi connectivity index (χ1v) is 9.22. The topological polar surface area (TPSA) is 116 Å². The Morgan fingerprint density at radius 3 is 2.90 bits per heavy atom. The maximum absolute atomic E-state index is 13.4. The molecular formula is C20H15ClFN5O3. The van der Waals surface area contributed by atoms with E-state index in [-0.39, 0.29) is 23.2 Å². The molecule has 3 heterocycles. The monoisotopic (exact) mass is 427 g/mol. The molecule has 0 aliphatic heterocycles. The van der Waals surface area contributed by atoms with Crippen LogP contribution in [0.25, 0.3) is 11.0 Å². The molecule has 152 valence electrons. The largest absolute Gasteiger partial charge is 0.474 e. The first-order valence-electron chi connectivity index (χ1n) is 8.85.